The fourth-order valence-corrected chi connectivity index (χ4v) is 2.88. The summed E-state index contributed by atoms with van der Waals surface area (Å²) in [5, 5.41) is -0.00365. The van der Waals surface area contributed by atoms with Crippen LogP contribution < -0.4 is 9.64 Å². The molecular formula is C16H16ClF3N4O. The van der Waals surface area contributed by atoms with E-state index in [0.29, 0.717) is 37.8 Å². The Hall–Kier alpha value is -2.09. The number of halogens is 4. The van der Waals surface area contributed by atoms with E-state index < -0.39 is 11.7 Å². The third-order valence-electron chi connectivity index (χ3n) is 3.92. The highest BCUT2D eigenvalue weighted by Crippen LogP contribution is 2.34. The lowest BCUT2D eigenvalue weighted by molar-refractivity contribution is -0.137. The Labute approximate surface area is 147 Å². The summed E-state index contributed by atoms with van der Waals surface area (Å²) in [6, 6.07) is 1.24. The first kappa shape index (κ1) is 17.7. The second-order valence-electron chi connectivity index (χ2n) is 5.87. The summed E-state index contributed by atoms with van der Waals surface area (Å²) < 4.78 is 43.8. The van der Waals surface area contributed by atoms with Gasteiger partial charge in [0.05, 0.1) is 10.6 Å². The number of nitrogens with zero attached hydrogens (tertiary/aromatic N) is 4. The average Bonchev–Trinajstić information content (AvgIpc) is 2.57. The molecule has 0 saturated carbocycles. The molecule has 0 bridgehead atoms. The lowest BCUT2D eigenvalue weighted by Crippen LogP contribution is -2.39. The van der Waals surface area contributed by atoms with Crippen molar-refractivity contribution in [2.24, 2.45) is 0 Å². The van der Waals surface area contributed by atoms with Gasteiger partial charge in [-0.2, -0.15) is 13.2 Å². The summed E-state index contributed by atoms with van der Waals surface area (Å²) in [5.74, 6) is 0.361. The highest BCUT2D eigenvalue weighted by atomic mass is 35.5. The van der Waals surface area contributed by atoms with E-state index in [9.17, 15) is 13.2 Å². The van der Waals surface area contributed by atoms with E-state index in [2.05, 4.69) is 15.0 Å². The molecule has 0 amide bonds. The van der Waals surface area contributed by atoms with Crippen molar-refractivity contribution in [1.29, 1.82) is 0 Å². The molecule has 0 atom stereocenters. The van der Waals surface area contributed by atoms with E-state index in [1.807, 2.05) is 11.8 Å². The molecule has 2 aromatic heterocycles. The Morgan fingerprint density at radius 3 is 2.32 bits per heavy atom. The third kappa shape index (κ3) is 4.31. The van der Waals surface area contributed by atoms with Crippen LogP contribution in [0, 0.1) is 6.92 Å². The van der Waals surface area contributed by atoms with E-state index >= 15 is 0 Å². The maximum atomic E-state index is 12.7. The molecule has 0 N–H and O–H groups in total. The summed E-state index contributed by atoms with van der Waals surface area (Å²) in [5.41, 5.74) is 0.0983. The highest BCUT2D eigenvalue weighted by Gasteiger charge is 2.32. The first-order valence-electron chi connectivity index (χ1n) is 7.76. The lowest BCUT2D eigenvalue weighted by Gasteiger charge is -2.33. The molecule has 1 fully saturated rings. The fraction of sp³-hybridized carbons (Fsp3) is 0.438. The molecule has 1 aliphatic rings. The molecule has 0 aromatic carbocycles. The minimum atomic E-state index is -4.45. The van der Waals surface area contributed by atoms with Crippen LogP contribution in [0.15, 0.2) is 24.7 Å². The molecule has 1 saturated heterocycles. The van der Waals surface area contributed by atoms with Crippen molar-refractivity contribution in [2.45, 2.75) is 32.0 Å². The van der Waals surface area contributed by atoms with Crippen LogP contribution in [0.2, 0.25) is 5.02 Å². The van der Waals surface area contributed by atoms with Crippen LogP contribution in [-0.2, 0) is 6.18 Å². The van der Waals surface area contributed by atoms with E-state index in [4.69, 9.17) is 16.3 Å². The SMILES string of the molecule is Cc1cnc(OC2CCN(c3ncc(C(F)(F)F)cc3Cl)CC2)nc1. The van der Waals surface area contributed by atoms with Gasteiger partial charge in [0.15, 0.2) is 0 Å². The minimum Gasteiger partial charge on any atom is -0.460 e. The van der Waals surface area contributed by atoms with Gasteiger partial charge in [-0.1, -0.05) is 11.6 Å². The van der Waals surface area contributed by atoms with Crippen LogP contribution in [0.4, 0.5) is 19.0 Å². The number of hydrogen-bond acceptors (Lipinski definition) is 5. The van der Waals surface area contributed by atoms with Gasteiger partial charge in [0, 0.05) is 44.5 Å². The summed E-state index contributed by atoms with van der Waals surface area (Å²) in [6.45, 7) is 3.05. The highest BCUT2D eigenvalue weighted by molar-refractivity contribution is 6.33. The predicted molar refractivity (Wildman–Crippen MR) is 86.9 cm³/mol. The van der Waals surface area contributed by atoms with E-state index in [-0.39, 0.29) is 11.1 Å². The van der Waals surface area contributed by atoms with Crippen LogP contribution in [0.1, 0.15) is 24.0 Å². The average molecular weight is 373 g/mol. The van der Waals surface area contributed by atoms with Gasteiger partial charge in [0.2, 0.25) is 0 Å². The molecule has 3 heterocycles. The molecule has 1 aliphatic heterocycles. The molecule has 0 radical (unpaired) electrons. The Morgan fingerprint density at radius 1 is 1.12 bits per heavy atom. The van der Waals surface area contributed by atoms with Gasteiger partial charge in [0.25, 0.3) is 0 Å². The normalized spacial score (nSPS) is 16.1. The van der Waals surface area contributed by atoms with Gasteiger partial charge in [-0.15, -0.1) is 0 Å². The quantitative estimate of drug-likeness (QED) is 0.817. The van der Waals surface area contributed by atoms with Gasteiger partial charge in [-0.05, 0) is 18.6 Å². The van der Waals surface area contributed by atoms with E-state index in [0.717, 1.165) is 17.8 Å². The number of alkyl halides is 3. The molecule has 9 heteroatoms. The Bertz CT molecular complexity index is 731. The molecule has 2 aromatic rings. The zero-order valence-electron chi connectivity index (χ0n) is 13.4. The van der Waals surface area contributed by atoms with Gasteiger partial charge < -0.3 is 9.64 Å². The largest absolute Gasteiger partial charge is 0.460 e. The van der Waals surface area contributed by atoms with Crippen LogP contribution in [-0.4, -0.2) is 34.1 Å². The second-order valence-corrected chi connectivity index (χ2v) is 6.28. The molecule has 3 rings (SSSR count). The molecule has 5 nitrogen and oxygen atoms in total. The first-order valence-corrected chi connectivity index (χ1v) is 8.14. The smallest absolute Gasteiger partial charge is 0.417 e. The number of rotatable bonds is 3. The Balaban J connectivity index is 1.61. The fourth-order valence-electron chi connectivity index (χ4n) is 2.59. The molecular weight excluding hydrogens is 357 g/mol. The van der Waals surface area contributed by atoms with E-state index in [1.165, 1.54) is 0 Å². The van der Waals surface area contributed by atoms with Crippen molar-refractivity contribution in [1.82, 2.24) is 15.0 Å². The summed E-state index contributed by atoms with van der Waals surface area (Å²) >= 11 is 5.99. The molecule has 134 valence electrons. The molecule has 0 aliphatic carbocycles. The second kappa shape index (κ2) is 7.03. The number of ether oxygens (including phenoxy) is 1. The lowest BCUT2D eigenvalue weighted by atomic mass is 10.1. The number of anilines is 1. The summed E-state index contributed by atoms with van der Waals surface area (Å²) in [7, 11) is 0. The maximum Gasteiger partial charge on any atom is 0.417 e. The van der Waals surface area contributed by atoms with Crippen molar-refractivity contribution in [2.75, 3.05) is 18.0 Å². The van der Waals surface area contributed by atoms with E-state index in [1.54, 1.807) is 12.4 Å². The topological polar surface area (TPSA) is 51.1 Å². The summed E-state index contributed by atoms with van der Waals surface area (Å²) in [4.78, 5) is 14.0. The maximum absolute atomic E-state index is 12.7. The van der Waals surface area contributed by atoms with Gasteiger partial charge in [0.1, 0.15) is 11.9 Å². The summed E-state index contributed by atoms with van der Waals surface area (Å²) in [6.07, 6.45) is 1.03. The van der Waals surface area contributed by atoms with Crippen LogP contribution in [0.25, 0.3) is 0 Å². The number of aromatic nitrogens is 3. The van der Waals surface area contributed by atoms with Crippen LogP contribution in [0.5, 0.6) is 6.01 Å². The van der Waals surface area contributed by atoms with Gasteiger partial charge >= 0.3 is 12.2 Å². The van der Waals surface area contributed by atoms with Crippen LogP contribution >= 0.6 is 11.6 Å². The Morgan fingerprint density at radius 2 is 1.76 bits per heavy atom. The minimum absolute atomic E-state index is 0.00365. The number of hydrogen-bond donors (Lipinski definition) is 0. The zero-order valence-corrected chi connectivity index (χ0v) is 14.2. The monoisotopic (exact) mass is 372 g/mol. The molecule has 0 spiro atoms. The molecule has 25 heavy (non-hydrogen) atoms. The van der Waals surface area contributed by atoms with Crippen molar-refractivity contribution in [3.63, 3.8) is 0 Å². The number of piperidine rings is 1. The zero-order chi connectivity index (χ0) is 18.0. The van der Waals surface area contributed by atoms with Crippen molar-refractivity contribution in [3.8, 4) is 6.01 Å². The van der Waals surface area contributed by atoms with Crippen molar-refractivity contribution < 1.29 is 17.9 Å². The van der Waals surface area contributed by atoms with Crippen LogP contribution in [0.3, 0.4) is 0 Å². The molecule has 0 unspecified atom stereocenters. The third-order valence-corrected chi connectivity index (χ3v) is 4.20. The standard InChI is InChI=1S/C16H16ClF3N4O/c1-10-7-22-15(23-8-10)25-12-2-4-24(5-3-12)14-13(17)6-11(9-21-14)16(18,19)20/h6-9,12H,2-5H2,1H3. The number of aryl methyl sites for hydroxylation is 1. The van der Waals surface area contributed by atoms with Gasteiger partial charge in [-0.3, -0.25) is 0 Å². The Kier molecular flexibility index (Phi) is 4.99. The first-order chi connectivity index (χ1) is 11.8. The number of pyridine rings is 1. The van der Waals surface area contributed by atoms with Gasteiger partial charge in [-0.25, -0.2) is 15.0 Å². The van der Waals surface area contributed by atoms with Crippen molar-refractivity contribution in [3.05, 3.63) is 40.8 Å². The van der Waals surface area contributed by atoms with Crippen molar-refractivity contribution >= 4 is 17.4 Å². The predicted octanol–water partition coefficient (Wildman–Crippen LogP) is 3.90.